The first-order valence-corrected chi connectivity index (χ1v) is 9.68. The first-order valence-electron chi connectivity index (χ1n) is 9.30. The Labute approximate surface area is 178 Å². The maximum absolute atomic E-state index is 13.2. The predicted octanol–water partition coefficient (Wildman–Crippen LogP) is 5.62. The van der Waals surface area contributed by atoms with E-state index in [-0.39, 0.29) is 23.9 Å². The van der Waals surface area contributed by atoms with Gasteiger partial charge in [-0.05, 0) is 30.3 Å². The molecule has 0 saturated carbocycles. The van der Waals surface area contributed by atoms with E-state index in [1.807, 2.05) is 36.4 Å². The summed E-state index contributed by atoms with van der Waals surface area (Å²) in [7, 11) is 1.51. The zero-order valence-corrected chi connectivity index (χ0v) is 16.9. The highest BCUT2D eigenvalue weighted by molar-refractivity contribution is 6.32. The van der Waals surface area contributed by atoms with Crippen LogP contribution in [0.1, 0.15) is 26.5 Å². The second kappa shape index (κ2) is 8.43. The van der Waals surface area contributed by atoms with Gasteiger partial charge in [0.15, 0.2) is 11.5 Å². The van der Waals surface area contributed by atoms with Gasteiger partial charge >= 0.3 is 0 Å². The minimum absolute atomic E-state index is 0.0250. The molecule has 1 aromatic heterocycles. The number of halogens is 1. The van der Waals surface area contributed by atoms with Crippen LogP contribution >= 0.6 is 11.6 Å². The first kappa shape index (κ1) is 19.7. The van der Waals surface area contributed by atoms with Gasteiger partial charge in [0, 0.05) is 16.5 Å². The van der Waals surface area contributed by atoms with Crippen molar-refractivity contribution in [2.45, 2.75) is 0 Å². The Bertz CT molecular complexity index is 1230. The predicted molar refractivity (Wildman–Crippen MR) is 117 cm³/mol. The second-order valence-electron chi connectivity index (χ2n) is 6.62. The third-order valence-electron chi connectivity index (χ3n) is 4.74. The van der Waals surface area contributed by atoms with Crippen LogP contribution in [0.5, 0.6) is 5.75 Å². The van der Waals surface area contributed by atoms with Gasteiger partial charge in [-0.3, -0.25) is 9.59 Å². The molecule has 0 unspecified atom stereocenters. The Morgan fingerprint density at radius 1 is 0.967 bits per heavy atom. The zero-order chi connectivity index (χ0) is 21.1. The van der Waals surface area contributed by atoms with Crippen LogP contribution < -0.4 is 10.1 Å². The lowest BCUT2D eigenvalue weighted by Gasteiger charge is -2.08. The molecule has 0 amide bonds. The van der Waals surface area contributed by atoms with Crippen molar-refractivity contribution < 1.29 is 18.7 Å². The highest BCUT2D eigenvalue weighted by Crippen LogP contribution is 2.34. The number of nitrogens with one attached hydrogen (secondary N) is 1. The van der Waals surface area contributed by atoms with Crippen molar-refractivity contribution in [3.63, 3.8) is 0 Å². The van der Waals surface area contributed by atoms with E-state index < -0.39 is 0 Å². The fourth-order valence-corrected chi connectivity index (χ4v) is 3.47. The van der Waals surface area contributed by atoms with Crippen molar-refractivity contribution in [3.8, 4) is 5.75 Å². The van der Waals surface area contributed by atoms with Crippen LogP contribution in [0, 0.1) is 0 Å². The summed E-state index contributed by atoms with van der Waals surface area (Å²) in [5.41, 5.74) is 1.98. The van der Waals surface area contributed by atoms with E-state index in [4.69, 9.17) is 20.8 Å². The normalized spacial score (nSPS) is 10.7. The molecule has 0 aliphatic heterocycles. The summed E-state index contributed by atoms with van der Waals surface area (Å²) in [5.74, 6) is 0.167. The molecule has 6 heteroatoms. The number of fused-ring (bicyclic) bond motifs is 1. The van der Waals surface area contributed by atoms with E-state index in [1.54, 1.807) is 30.3 Å². The largest absolute Gasteiger partial charge is 0.495 e. The van der Waals surface area contributed by atoms with E-state index in [9.17, 15) is 9.59 Å². The van der Waals surface area contributed by atoms with Gasteiger partial charge < -0.3 is 14.5 Å². The minimum atomic E-state index is -0.342. The number of rotatable bonds is 7. The Morgan fingerprint density at radius 2 is 1.70 bits per heavy atom. The monoisotopic (exact) mass is 419 g/mol. The van der Waals surface area contributed by atoms with Crippen LogP contribution in [-0.2, 0) is 0 Å². The number of ketones is 2. The molecular formula is C24H18ClNO4. The summed E-state index contributed by atoms with van der Waals surface area (Å²) in [4.78, 5) is 25.7. The smallest absolute Gasteiger partial charge is 0.230 e. The molecule has 0 radical (unpaired) electrons. The summed E-state index contributed by atoms with van der Waals surface area (Å²) in [5, 5.41) is 4.15. The van der Waals surface area contributed by atoms with Gasteiger partial charge in [0.2, 0.25) is 5.78 Å². The lowest BCUT2D eigenvalue weighted by molar-refractivity contribution is 0.0997. The number of carbonyl (C=O) groups excluding carboxylic acids is 2. The molecule has 0 saturated heterocycles. The minimum Gasteiger partial charge on any atom is -0.495 e. The van der Waals surface area contributed by atoms with Crippen LogP contribution in [0.15, 0.2) is 77.2 Å². The molecule has 1 heterocycles. The lowest BCUT2D eigenvalue weighted by atomic mass is 10.1. The second-order valence-corrected chi connectivity index (χ2v) is 7.03. The third kappa shape index (κ3) is 3.80. The number of benzene rings is 3. The number of hydrogen-bond donors (Lipinski definition) is 1. The number of furan rings is 1. The zero-order valence-electron chi connectivity index (χ0n) is 16.1. The van der Waals surface area contributed by atoms with Gasteiger partial charge in [-0.1, -0.05) is 54.1 Å². The van der Waals surface area contributed by atoms with Crippen LogP contribution in [0.3, 0.4) is 0 Å². The van der Waals surface area contributed by atoms with Crippen LogP contribution in [0.4, 0.5) is 5.69 Å². The molecule has 4 rings (SSSR count). The highest BCUT2D eigenvalue weighted by atomic mass is 35.5. The van der Waals surface area contributed by atoms with Gasteiger partial charge in [-0.25, -0.2) is 0 Å². The molecule has 0 fully saturated rings. The molecule has 150 valence electrons. The van der Waals surface area contributed by atoms with Gasteiger partial charge in [0.1, 0.15) is 11.3 Å². The average molecular weight is 420 g/mol. The van der Waals surface area contributed by atoms with E-state index in [0.717, 1.165) is 5.39 Å². The van der Waals surface area contributed by atoms with Gasteiger partial charge in [-0.15, -0.1) is 0 Å². The molecule has 0 atom stereocenters. The van der Waals surface area contributed by atoms with Crippen LogP contribution in [0.25, 0.3) is 11.0 Å². The molecule has 0 spiro atoms. The number of Topliss-reactive ketones (excluding diaryl/α,β-unsaturated/α-hetero) is 1. The molecule has 0 bridgehead atoms. The van der Waals surface area contributed by atoms with Crippen molar-refractivity contribution in [2.75, 3.05) is 19.0 Å². The van der Waals surface area contributed by atoms with Gasteiger partial charge in [-0.2, -0.15) is 0 Å². The third-order valence-corrected chi connectivity index (χ3v) is 5.03. The number of methoxy groups -OCH3 is 1. The fraction of sp³-hybridized carbons (Fsp3) is 0.0833. The Hall–Kier alpha value is -3.57. The summed E-state index contributed by atoms with van der Waals surface area (Å²) >= 11 is 6.18. The van der Waals surface area contributed by atoms with E-state index in [0.29, 0.717) is 33.2 Å². The molecule has 0 aliphatic rings. The van der Waals surface area contributed by atoms with Crippen molar-refractivity contribution in [1.82, 2.24) is 0 Å². The molecule has 3 aromatic carbocycles. The van der Waals surface area contributed by atoms with Crippen molar-refractivity contribution in [2.24, 2.45) is 0 Å². The Balaban J connectivity index is 1.69. The SMILES string of the molecule is COc1ccc(C(=O)c2oc3ccccc3c2NCC(=O)c2ccccc2)cc1Cl. The first-order chi connectivity index (χ1) is 14.6. The topological polar surface area (TPSA) is 68.5 Å². The lowest BCUT2D eigenvalue weighted by Crippen LogP contribution is -2.15. The number of para-hydroxylation sites is 1. The maximum atomic E-state index is 13.2. The maximum Gasteiger partial charge on any atom is 0.230 e. The highest BCUT2D eigenvalue weighted by Gasteiger charge is 2.23. The van der Waals surface area contributed by atoms with Gasteiger partial charge in [0.05, 0.1) is 24.4 Å². The van der Waals surface area contributed by atoms with E-state index >= 15 is 0 Å². The summed E-state index contributed by atoms with van der Waals surface area (Å²) in [6.07, 6.45) is 0. The fourth-order valence-electron chi connectivity index (χ4n) is 3.21. The summed E-state index contributed by atoms with van der Waals surface area (Å²) in [6, 6.07) is 21.0. The van der Waals surface area contributed by atoms with Crippen molar-refractivity contribution >= 4 is 39.8 Å². The molecular weight excluding hydrogens is 402 g/mol. The average Bonchev–Trinajstić information content (AvgIpc) is 3.16. The van der Waals surface area contributed by atoms with Gasteiger partial charge in [0.25, 0.3) is 0 Å². The Morgan fingerprint density at radius 3 is 2.43 bits per heavy atom. The standard InChI is InChI=1S/C24H18ClNO4/c1-29-21-12-11-16(13-18(21)25)23(28)24-22(17-9-5-6-10-20(17)30-24)26-14-19(27)15-7-3-2-4-8-15/h2-13,26H,14H2,1H3. The number of carbonyl (C=O) groups is 2. The number of hydrogen-bond acceptors (Lipinski definition) is 5. The molecule has 4 aromatic rings. The molecule has 30 heavy (non-hydrogen) atoms. The molecule has 5 nitrogen and oxygen atoms in total. The molecule has 0 aliphatic carbocycles. The summed E-state index contributed by atoms with van der Waals surface area (Å²) < 4.78 is 11.0. The van der Waals surface area contributed by atoms with E-state index in [1.165, 1.54) is 13.2 Å². The summed E-state index contributed by atoms with van der Waals surface area (Å²) in [6.45, 7) is 0.0250. The molecule has 1 N–H and O–H groups in total. The number of anilines is 1. The quantitative estimate of drug-likeness (QED) is 0.394. The van der Waals surface area contributed by atoms with Crippen LogP contribution in [0.2, 0.25) is 5.02 Å². The number of ether oxygens (including phenoxy) is 1. The van der Waals surface area contributed by atoms with E-state index in [2.05, 4.69) is 5.32 Å². The Kier molecular flexibility index (Phi) is 5.55. The van der Waals surface area contributed by atoms with Crippen LogP contribution in [-0.4, -0.2) is 25.2 Å². The van der Waals surface area contributed by atoms with Crippen molar-refractivity contribution in [1.29, 1.82) is 0 Å². The van der Waals surface area contributed by atoms with Crippen molar-refractivity contribution in [3.05, 3.63) is 94.7 Å².